The molecule has 0 fully saturated rings. The van der Waals surface area contributed by atoms with E-state index in [4.69, 9.17) is 23.2 Å². The SMILES string of the molecule is O=C(NNc1ncc(C(F)(F)F)cc1Cl)c1cccn1-c1ncccc1Cl. The molecule has 11 heteroatoms. The van der Waals surface area contributed by atoms with Crippen LogP contribution in [0.4, 0.5) is 19.0 Å². The standard InChI is InChI=1S/C16H10Cl2F3N5O/c17-10-3-1-5-22-14(10)26-6-2-4-12(26)15(27)25-24-13-11(18)7-9(8-23-13)16(19,20)21/h1-8H,(H,23,24)(H,25,27). The van der Waals surface area contributed by atoms with Gasteiger partial charge < -0.3 is 0 Å². The van der Waals surface area contributed by atoms with Crippen molar-refractivity contribution in [3.63, 3.8) is 0 Å². The molecule has 0 saturated heterocycles. The number of halogens is 5. The number of rotatable bonds is 4. The van der Waals surface area contributed by atoms with Gasteiger partial charge in [-0.15, -0.1) is 0 Å². The normalized spacial score (nSPS) is 11.3. The zero-order valence-corrected chi connectivity index (χ0v) is 14.8. The Morgan fingerprint density at radius 3 is 2.56 bits per heavy atom. The summed E-state index contributed by atoms with van der Waals surface area (Å²) in [6.45, 7) is 0. The number of hydrogen-bond donors (Lipinski definition) is 2. The first-order valence-corrected chi connectivity index (χ1v) is 8.10. The Hall–Kier alpha value is -2.78. The van der Waals surface area contributed by atoms with Gasteiger partial charge in [0, 0.05) is 18.6 Å². The number of carbonyl (C=O) groups is 1. The average molecular weight is 416 g/mol. The lowest BCUT2D eigenvalue weighted by atomic mass is 10.3. The van der Waals surface area contributed by atoms with E-state index in [1.54, 1.807) is 24.4 Å². The van der Waals surface area contributed by atoms with Crippen molar-refractivity contribution in [2.75, 3.05) is 5.43 Å². The van der Waals surface area contributed by atoms with Gasteiger partial charge in [-0.05, 0) is 30.3 Å². The first-order chi connectivity index (χ1) is 12.8. The maximum atomic E-state index is 12.6. The summed E-state index contributed by atoms with van der Waals surface area (Å²) in [5, 5.41) is 0.0384. The number of nitrogens with zero attached hydrogens (tertiary/aromatic N) is 3. The molecule has 27 heavy (non-hydrogen) atoms. The van der Waals surface area contributed by atoms with E-state index in [2.05, 4.69) is 20.8 Å². The first kappa shape index (κ1) is 19.0. The minimum absolute atomic E-state index is 0.132. The van der Waals surface area contributed by atoms with Crippen molar-refractivity contribution in [3.05, 3.63) is 70.2 Å². The summed E-state index contributed by atoms with van der Waals surface area (Å²) < 4.78 is 39.3. The lowest BCUT2D eigenvalue weighted by molar-refractivity contribution is -0.137. The molecule has 1 amide bonds. The monoisotopic (exact) mass is 415 g/mol. The molecule has 3 aromatic rings. The summed E-state index contributed by atoms with van der Waals surface area (Å²) in [6, 6.07) is 7.11. The van der Waals surface area contributed by atoms with Crippen molar-refractivity contribution in [1.29, 1.82) is 0 Å². The molecule has 0 aliphatic rings. The topological polar surface area (TPSA) is 71.8 Å². The van der Waals surface area contributed by atoms with Crippen LogP contribution in [0.15, 0.2) is 48.9 Å². The number of carbonyl (C=O) groups excluding carboxylic acids is 1. The molecule has 0 radical (unpaired) electrons. The van der Waals surface area contributed by atoms with Crippen LogP contribution >= 0.6 is 23.2 Å². The van der Waals surface area contributed by atoms with E-state index in [-0.39, 0.29) is 16.5 Å². The summed E-state index contributed by atoms with van der Waals surface area (Å²) in [6.07, 6.45) is -0.850. The number of amides is 1. The molecular weight excluding hydrogens is 406 g/mol. The molecule has 0 aliphatic heterocycles. The van der Waals surface area contributed by atoms with Crippen molar-refractivity contribution in [3.8, 4) is 5.82 Å². The fourth-order valence-electron chi connectivity index (χ4n) is 2.17. The smallest absolute Gasteiger partial charge is 0.295 e. The summed E-state index contributed by atoms with van der Waals surface area (Å²) in [5.41, 5.74) is 3.91. The number of nitrogens with one attached hydrogen (secondary N) is 2. The quantitative estimate of drug-likeness (QED) is 0.621. The minimum atomic E-state index is -4.57. The predicted molar refractivity (Wildman–Crippen MR) is 93.9 cm³/mol. The molecule has 3 heterocycles. The van der Waals surface area contributed by atoms with Crippen LogP contribution in [0, 0.1) is 0 Å². The molecule has 0 saturated carbocycles. The van der Waals surface area contributed by atoms with Gasteiger partial charge in [-0.3, -0.25) is 20.2 Å². The van der Waals surface area contributed by atoms with Gasteiger partial charge in [0.1, 0.15) is 5.69 Å². The molecule has 0 spiro atoms. The van der Waals surface area contributed by atoms with E-state index in [1.165, 1.54) is 16.8 Å². The first-order valence-electron chi connectivity index (χ1n) is 7.34. The van der Waals surface area contributed by atoms with E-state index in [0.29, 0.717) is 23.1 Å². The second-order valence-corrected chi connectivity index (χ2v) is 6.02. The highest BCUT2D eigenvalue weighted by Crippen LogP contribution is 2.32. The van der Waals surface area contributed by atoms with Gasteiger partial charge in [0.25, 0.3) is 5.91 Å². The van der Waals surface area contributed by atoms with Gasteiger partial charge in [0.05, 0.1) is 15.6 Å². The molecule has 0 atom stereocenters. The van der Waals surface area contributed by atoms with Crippen molar-refractivity contribution < 1.29 is 18.0 Å². The second kappa shape index (κ2) is 7.45. The minimum Gasteiger partial charge on any atom is -0.295 e. The maximum Gasteiger partial charge on any atom is 0.417 e. The van der Waals surface area contributed by atoms with Crippen LogP contribution in [0.1, 0.15) is 16.1 Å². The fraction of sp³-hybridized carbons (Fsp3) is 0.0625. The third-order valence-corrected chi connectivity index (χ3v) is 3.99. The summed E-state index contributed by atoms with van der Waals surface area (Å²) in [7, 11) is 0. The lowest BCUT2D eigenvalue weighted by Gasteiger charge is -2.13. The lowest BCUT2D eigenvalue weighted by Crippen LogP contribution is -2.31. The fourth-order valence-corrected chi connectivity index (χ4v) is 2.60. The van der Waals surface area contributed by atoms with Crippen LogP contribution in [0.5, 0.6) is 0 Å². The van der Waals surface area contributed by atoms with Gasteiger partial charge in [-0.1, -0.05) is 23.2 Å². The van der Waals surface area contributed by atoms with Gasteiger partial charge in [0.15, 0.2) is 11.6 Å². The number of pyridine rings is 2. The summed E-state index contributed by atoms with van der Waals surface area (Å²) in [5.74, 6) is -0.383. The number of anilines is 1. The van der Waals surface area contributed by atoms with Crippen molar-refractivity contribution in [2.24, 2.45) is 0 Å². The van der Waals surface area contributed by atoms with Crippen LogP contribution in [-0.2, 0) is 6.18 Å². The Morgan fingerprint density at radius 2 is 1.89 bits per heavy atom. The van der Waals surface area contributed by atoms with Gasteiger partial charge in [-0.25, -0.2) is 9.97 Å². The number of alkyl halides is 3. The average Bonchev–Trinajstić information content (AvgIpc) is 3.09. The van der Waals surface area contributed by atoms with E-state index in [1.807, 2.05) is 0 Å². The van der Waals surface area contributed by atoms with Gasteiger partial charge in [0.2, 0.25) is 0 Å². The van der Waals surface area contributed by atoms with Crippen LogP contribution in [0.3, 0.4) is 0 Å². The molecule has 6 nitrogen and oxygen atoms in total. The van der Waals surface area contributed by atoms with Crippen LogP contribution in [0.2, 0.25) is 10.0 Å². The Labute approximate surface area is 160 Å². The van der Waals surface area contributed by atoms with E-state index in [9.17, 15) is 18.0 Å². The molecular formula is C16H10Cl2F3N5O. The Balaban J connectivity index is 1.77. The van der Waals surface area contributed by atoms with Crippen LogP contribution < -0.4 is 10.9 Å². The molecule has 0 bridgehead atoms. The Kier molecular flexibility index (Phi) is 5.24. The molecule has 0 aliphatic carbocycles. The predicted octanol–water partition coefficient (Wildman–Crippen LogP) is 4.35. The van der Waals surface area contributed by atoms with E-state index in [0.717, 1.165) is 0 Å². The Bertz CT molecular complexity index is 990. The number of hydrazine groups is 1. The van der Waals surface area contributed by atoms with E-state index < -0.39 is 17.6 Å². The second-order valence-electron chi connectivity index (χ2n) is 5.20. The maximum absolute atomic E-state index is 12.6. The van der Waals surface area contributed by atoms with Crippen molar-refractivity contribution >= 4 is 34.9 Å². The van der Waals surface area contributed by atoms with Crippen molar-refractivity contribution in [2.45, 2.75) is 6.18 Å². The van der Waals surface area contributed by atoms with Crippen molar-refractivity contribution in [1.82, 2.24) is 20.0 Å². The molecule has 0 unspecified atom stereocenters. The number of hydrogen-bond acceptors (Lipinski definition) is 4. The molecule has 2 N–H and O–H groups in total. The van der Waals surface area contributed by atoms with Gasteiger partial charge in [-0.2, -0.15) is 13.2 Å². The molecule has 3 rings (SSSR count). The largest absolute Gasteiger partial charge is 0.417 e. The third-order valence-electron chi connectivity index (χ3n) is 3.41. The summed E-state index contributed by atoms with van der Waals surface area (Å²) >= 11 is 11.9. The highest BCUT2D eigenvalue weighted by atomic mass is 35.5. The molecule has 3 aromatic heterocycles. The Morgan fingerprint density at radius 1 is 1.11 bits per heavy atom. The zero-order valence-electron chi connectivity index (χ0n) is 13.3. The molecule has 140 valence electrons. The molecule has 0 aromatic carbocycles. The van der Waals surface area contributed by atoms with Crippen LogP contribution in [-0.4, -0.2) is 20.4 Å². The highest BCUT2D eigenvalue weighted by Gasteiger charge is 2.31. The third kappa shape index (κ3) is 4.15. The highest BCUT2D eigenvalue weighted by molar-refractivity contribution is 6.33. The number of aromatic nitrogens is 3. The van der Waals surface area contributed by atoms with Gasteiger partial charge >= 0.3 is 6.18 Å². The van der Waals surface area contributed by atoms with E-state index >= 15 is 0 Å². The summed E-state index contributed by atoms with van der Waals surface area (Å²) in [4.78, 5) is 20.1. The van der Waals surface area contributed by atoms with Crippen LogP contribution in [0.25, 0.3) is 5.82 Å². The zero-order chi connectivity index (χ0) is 19.6.